The minimum absolute atomic E-state index is 0.173. The molecule has 0 aliphatic heterocycles. The number of methoxy groups -OCH3 is 2. The number of rotatable bonds is 6. The summed E-state index contributed by atoms with van der Waals surface area (Å²) in [5, 5.41) is 3.27. The Hall–Kier alpha value is -4.06. The molecule has 4 rings (SSSR count). The highest BCUT2D eigenvalue weighted by Gasteiger charge is 2.20. The molecular formula is C25H23N3O3. The van der Waals surface area contributed by atoms with Gasteiger partial charge in [-0.1, -0.05) is 54.6 Å². The van der Waals surface area contributed by atoms with Crippen LogP contribution in [0.4, 0.5) is 5.69 Å². The predicted molar refractivity (Wildman–Crippen MR) is 123 cm³/mol. The molecule has 6 heteroatoms. The zero-order valence-corrected chi connectivity index (χ0v) is 17.6. The second kappa shape index (κ2) is 8.75. The number of nitrogens with one attached hydrogen (secondary N) is 1. The highest BCUT2D eigenvalue weighted by atomic mass is 16.5. The van der Waals surface area contributed by atoms with Crippen molar-refractivity contribution in [2.75, 3.05) is 14.2 Å². The first-order valence-corrected chi connectivity index (χ1v) is 9.86. The van der Waals surface area contributed by atoms with E-state index in [2.05, 4.69) is 5.10 Å². The van der Waals surface area contributed by atoms with E-state index in [-0.39, 0.29) is 5.56 Å². The Balaban J connectivity index is 1.93. The number of aromatic amines is 1. The standard InChI is InChI=1S/C25H23N3O3/c1-17(26-20-15-10-16-21(30-2)24(20)31-3)22-23(18-11-6-4-7-12-18)27-28(25(22)29)19-13-8-5-9-14-19/h4-16,27H,1-3H3. The van der Waals surface area contributed by atoms with Crippen LogP contribution in [0.25, 0.3) is 16.9 Å². The highest BCUT2D eigenvalue weighted by molar-refractivity contribution is 6.05. The first-order chi connectivity index (χ1) is 15.1. The topological polar surface area (TPSA) is 68.6 Å². The molecule has 0 spiro atoms. The smallest absolute Gasteiger partial charge is 0.280 e. The van der Waals surface area contributed by atoms with Crippen molar-refractivity contribution in [1.82, 2.24) is 9.78 Å². The van der Waals surface area contributed by atoms with E-state index in [0.29, 0.717) is 34.2 Å². The molecule has 0 aliphatic rings. The Morgan fingerprint density at radius 1 is 0.871 bits per heavy atom. The van der Waals surface area contributed by atoms with Gasteiger partial charge in [0.1, 0.15) is 5.69 Å². The number of nitrogens with zero attached hydrogens (tertiary/aromatic N) is 2. The van der Waals surface area contributed by atoms with Crippen molar-refractivity contribution in [3.05, 3.63) is 94.8 Å². The average Bonchev–Trinajstić information content (AvgIpc) is 3.17. The maximum atomic E-state index is 13.5. The Morgan fingerprint density at radius 2 is 1.55 bits per heavy atom. The summed E-state index contributed by atoms with van der Waals surface area (Å²) in [6.45, 7) is 1.82. The van der Waals surface area contributed by atoms with E-state index in [9.17, 15) is 4.79 Å². The molecule has 0 saturated carbocycles. The van der Waals surface area contributed by atoms with Gasteiger partial charge in [-0.3, -0.25) is 9.89 Å². The van der Waals surface area contributed by atoms with E-state index in [0.717, 1.165) is 11.3 Å². The SMILES string of the molecule is COc1cccc(N=C(C)c2c(-c3ccccc3)[nH]n(-c3ccccc3)c2=O)c1OC. The number of hydrogen-bond acceptors (Lipinski definition) is 4. The lowest BCUT2D eigenvalue weighted by Gasteiger charge is -2.10. The Kier molecular flexibility index (Phi) is 5.71. The molecule has 1 heterocycles. The van der Waals surface area contributed by atoms with Crippen molar-refractivity contribution < 1.29 is 9.47 Å². The zero-order chi connectivity index (χ0) is 21.8. The van der Waals surface area contributed by atoms with Gasteiger partial charge < -0.3 is 9.47 Å². The monoisotopic (exact) mass is 413 g/mol. The van der Waals surface area contributed by atoms with Crippen molar-refractivity contribution in [3.8, 4) is 28.4 Å². The van der Waals surface area contributed by atoms with Crippen LogP contribution in [0.5, 0.6) is 11.5 Å². The first kappa shape index (κ1) is 20.2. The molecule has 1 aromatic heterocycles. The maximum Gasteiger partial charge on any atom is 0.280 e. The van der Waals surface area contributed by atoms with E-state index in [1.54, 1.807) is 25.0 Å². The first-order valence-electron chi connectivity index (χ1n) is 9.86. The van der Waals surface area contributed by atoms with Gasteiger partial charge in [0.2, 0.25) is 0 Å². The Bertz CT molecular complexity index is 1270. The van der Waals surface area contributed by atoms with E-state index in [4.69, 9.17) is 14.5 Å². The molecule has 156 valence electrons. The molecule has 3 aromatic carbocycles. The largest absolute Gasteiger partial charge is 0.493 e. The number of H-pyrrole nitrogens is 1. The van der Waals surface area contributed by atoms with Gasteiger partial charge in [0.15, 0.2) is 11.5 Å². The number of aliphatic imine (C=N–C) groups is 1. The van der Waals surface area contributed by atoms with Gasteiger partial charge in [-0.25, -0.2) is 9.67 Å². The molecule has 0 atom stereocenters. The van der Waals surface area contributed by atoms with Gasteiger partial charge in [0.25, 0.3) is 5.56 Å². The van der Waals surface area contributed by atoms with Crippen molar-refractivity contribution in [3.63, 3.8) is 0 Å². The number of benzene rings is 3. The molecule has 0 radical (unpaired) electrons. The van der Waals surface area contributed by atoms with Gasteiger partial charge in [-0.2, -0.15) is 0 Å². The lowest BCUT2D eigenvalue weighted by Crippen LogP contribution is -2.19. The Morgan fingerprint density at radius 3 is 2.19 bits per heavy atom. The van der Waals surface area contributed by atoms with Gasteiger partial charge >= 0.3 is 0 Å². The fraction of sp³-hybridized carbons (Fsp3) is 0.120. The third-order valence-corrected chi connectivity index (χ3v) is 5.00. The van der Waals surface area contributed by atoms with E-state index >= 15 is 0 Å². The summed E-state index contributed by atoms with van der Waals surface area (Å²) >= 11 is 0. The molecule has 1 N–H and O–H groups in total. The van der Waals surface area contributed by atoms with Crippen molar-refractivity contribution >= 4 is 11.4 Å². The second-order valence-corrected chi connectivity index (χ2v) is 6.91. The molecule has 0 unspecified atom stereocenters. The summed E-state index contributed by atoms with van der Waals surface area (Å²) in [7, 11) is 3.15. The van der Waals surface area contributed by atoms with Crippen LogP contribution in [0, 0.1) is 0 Å². The van der Waals surface area contributed by atoms with Crippen LogP contribution in [0.15, 0.2) is 88.6 Å². The van der Waals surface area contributed by atoms with Gasteiger partial charge in [-0.15, -0.1) is 0 Å². The number of hydrogen-bond donors (Lipinski definition) is 1. The molecule has 0 aliphatic carbocycles. The van der Waals surface area contributed by atoms with Crippen LogP contribution < -0.4 is 15.0 Å². The average molecular weight is 413 g/mol. The van der Waals surface area contributed by atoms with Crippen LogP contribution in [0.2, 0.25) is 0 Å². The van der Waals surface area contributed by atoms with Crippen molar-refractivity contribution in [1.29, 1.82) is 0 Å². The van der Waals surface area contributed by atoms with Crippen molar-refractivity contribution in [2.45, 2.75) is 6.92 Å². The van der Waals surface area contributed by atoms with Crippen LogP contribution in [0.3, 0.4) is 0 Å². The lowest BCUT2D eigenvalue weighted by molar-refractivity contribution is 0.356. The maximum absolute atomic E-state index is 13.5. The summed E-state index contributed by atoms with van der Waals surface area (Å²) in [4.78, 5) is 18.2. The summed E-state index contributed by atoms with van der Waals surface area (Å²) in [6, 6.07) is 24.7. The second-order valence-electron chi connectivity index (χ2n) is 6.91. The number of aromatic nitrogens is 2. The van der Waals surface area contributed by atoms with E-state index in [1.165, 1.54) is 0 Å². The molecule has 31 heavy (non-hydrogen) atoms. The van der Waals surface area contributed by atoms with Crippen LogP contribution in [-0.4, -0.2) is 29.7 Å². The molecule has 6 nitrogen and oxygen atoms in total. The number of para-hydroxylation sites is 2. The summed E-state index contributed by atoms with van der Waals surface area (Å²) in [6.07, 6.45) is 0. The normalized spacial score (nSPS) is 11.4. The summed E-state index contributed by atoms with van der Waals surface area (Å²) < 4.78 is 12.4. The zero-order valence-electron chi connectivity index (χ0n) is 17.6. The molecule has 0 amide bonds. The molecule has 0 saturated heterocycles. The molecule has 4 aromatic rings. The fourth-order valence-corrected chi connectivity index (χ4v) is 3.54. The van der Waals surface area contributed by atoms with Gasteiger partial charge in [0.05, 0.1) is 36.9 Å². The van der Waals surface area contributed by atoms with E-state index < -0.39 is 0 Å². The summed E-state index contributed by atoms with van der Waals surface area (Å²) in [5.41, 5.74) is 3.84. The fourth-order valence-electron chi connectivity index (χ4n) is 3.54. The molecular weight excluding hydrogens is 390 g/mol. The minimum atomic E-state index is -0.173. The van der Waals surface area contributed by atoms with E-state index in [1.807, 2.05) is 79.7 Å². The van der Waals surface area contributed by atoms with Crippen LogP contribution in [0.1, 0.15) is 12.5 Å². The summed E-state index contributed by atoms with van der Waals surface area (Å²) in [5.74, 6) is 1.10. The van der Waals surface area contributed by atoms with Gasteiger partial charge in [-0.05, 0) is 31.2 Å². The van der Waals surface area contributed by atoms with Gasteiger partial charge in [0, 0.05) is 5.56 Å². The lowest BCUT2D eigenvalue weighted by atomic mass is 10.1. The number of ether oxygens (including phenoxy) is 2. The molecule has 0 bridgehead atoms. The third kappa shape index (κ3) is 3.88. The molecule has 0 fully saturated rings. The third-order valence-electron chi connectivity index (χ3n) is 5.00. The van der Waals surface area contributed by atoms with Crippen LogP contribution in [-0.2, 0) is 0 Å². The quantitative estimate of drug-likeness (QED) is 0.453. The highest BCUT2D eigenvalue weighted by Crippen LogP contribution is 2.37. The Labute approximate surface area is 180 Å². The van der Waals surface area contributed by atoms with Crippen LogP contribution >= 0.6 is 0 Å². The van der Waals surface area contributed by atoms with Crippen molar-refractivity contribution in [2.24, 2.45) is 4.99 Å². The predicted octanol–water partition coefficient (Wildman–Crippen LogP) is 4.99. The minimum Gasteiger partial charge on any atom is -0.493 e.